The second-order valence-corrected chi connectivity index (χ2v) is 6.30. The predicted octanol–water partition coefficient (Wildman–Crippen LogP) is 2.24. The molecule has 0 aliphatic heterocycles. The van der Waals surface area contributed by atoms with E-state index in [-0.39, 0.29) is 11.6 Å². The van der Waals surface area contributed by atoms with Gasteiger partial charge in [-0.1, -0.05) is 6.07 Å². The molecule has 0 radical (unpaired) electrons. The van der Waals surface area contributed by atoms with Crippen molar-refractivity contribution in [1.29, 1.82) is 0 Å². The molecule has 1 N–H and O–H groups in total. The minimum absolute atomic E-state index is 0.196. The lowest BCUT2D eigenvalue weighted by atomic mass is 10.3. The van der Waals surface area contributed by atoms with Crippen molar-refractivity contribution in [3.63, 3.8) is 0 Å². The van der Waals surface area contributed by atoms with Crippen LogP contribution < -0.4 is 20.2 Å². The maximum atomic E-state index is 12.4. The fourth-order valence-electron chi connectivity index (χ4n) is 2.32. The van der Waals surface area contributed by atoms with Crippen molar-refractivity contribution < 1.29 is 14.3 Å². The molecule has 0 saturated carbocycles. The Hall–Kier alpha value is -3.13. The monoisotopic (exact) mass is 371 g/mol. The molecule has 3 aromatic rings. The first-order chi connectivity index (χ1) is 12.6. The molecular weight excluding hydrogens is 354 g/mol. The Kier molecular flexibility index (Phi) is 5.33. The van der Waals surface area contributed by atoms with Crippen molar-refractivity contribution >= 4 is 17.2 Å². The summed E-state index contributed by atoms with van der Waals surface area (Å²) in [6, 6.07) is 12.1. The van der Waals surface area contributed by atoms with Crippen molar-refractivity contribution in [2.75, 3.05) is 14.2 Å². The number of nitrogens with one attached hydrogen (secondary N) is 1. The molecule has 0 saturated heterocycles. The highest BCUT2D eigenvalue weighted by Crippen LogP contribution is 2.18. The van der Waals surface area contributed by atoms with E-state index in [0.29, 0.717) is 18.0 Å². The highest BCUT2D eigenvalue weighted by molar-refractivity contribution is 7.09. The lowest BCUT2D eigenvalue weighted by molar-refractivity contribution is 0.0943. The molecule has 134 valence electrons. The van der Waals surface area contributed by atoms with Gasteiger partial charge in [0.15, 0.2) is 5.69 Å². The number of carbonyl (C=O) groups is 1. The van der Waals surface area contributed by atoms with Crippen LogP contribution >= 0.6 is 11.3 Å². The smallest absolute Gasteiger partial charge is 0.276 e. The zero-order valence-corrected chi connectivity index (χ0v) is 15.1. The Bertz CT molecular complexity index is 950. The zero-order chi connectivity index (χ0) is 18.5. The Morgan fingerprint density at radius 2 is 1.96 bits per heavy atom. The summed E-state index contributed by atoms with van der Waals surface area (Å²) in [7, 11) is 3.01. The van der Waals surface area contributed by atoms with Crippen LogP contribution in [0.2, 0.25) is 0 Å². The molecule has 0 fully saturated rings. The molecule has 0 unspecified atom stereocenters. The van der Waals surface area contributed by atoms with E-state index in [9.17, 15) is 9.59 Å². The first kappa shape index (κ1) is 17.7. The van der Waals surface area contributed by atoms with Crippen molar-refractivity contribution in [3.05, 3.63) is 68.6 Å². The topological polar surface area (TPSA) is 82.5 Å². The summed E-state index contributed by atoms with van der Waals surface area (Å²) in [5.74, 6) is 0.381. The third kappa shape index (κ3) is 3.75. The Balaban J connectivity index is 1.92. The first-order valence-corrected chi connectivity index (χ1v) is 8.63. The number of benzene rings is 1. The van der Waals surface area contributed by atoms with Gasteiger partial charge in [-0.25, -0.2) is 4.68 Å². The van der Waals surface area contributed by atoms with Crippen LogP contribution in [0.3, 0.4) is 0 Å². The van der Waals surface area contributed by atoms with Crippen LogP contribution in [0, 0.1) is 0 Å². The third-order valence-electron chi connectivity index (χ3n) is 3.64. The van der Waals surface area contributed by atoms with E-state index in [1.807, 2.05) is 17.5 Å². The number of carbonyl (C=O) groups excluding carboxylic acids is 1. The number of hydrogen-bond donors (Lipinski definition) is 1. The van der Waals surface area contributed by atoms with Crippen LogP contribution in [0.15, 0.2) is 52.6 Å². The number of hydrogen-bond acceptors (Lipinski definition) is 6. The number of ether oxygens (including phenoxy) is 2. The predicted molar refractivity (Wildman–Crippen MR) is 98.4 cm³/mol. The van der Waals surface area contributed by atoms with Crippen LogP contribution in [-0.2, 0) is 6.54 Å². The van der Waals surface area contributed by atoms with Gasteiger partial charge in [0.05, 0.1) is 32.5 Å². The molecule has 8 heteroatoms. The van der Waals surface area contributed by atoms with Gasteiger partial charge in [-0.15, -0.1) is 11.3 Å². The lowest BCUT2D eigenvalue weighted by Gasteiger charge is -2.13. The van der Waals surface area contributed by atoms with E-state index < -0.39 is 11.3 Å². The van der Waals surface area contributed by atoms with Gasteiger partial charge in [0.2, 0.25) is 11.3 Å². The number of methoxy groups -OCH3 is 2. The maximum Gasteiger partial charge on any atom is 0.276 e. The van der Waals surface area contributed by atoms with E-state index in [1.165, 1.54) is 29.2 Å². The second kappa shape index (κ2) is 7.83. The summed E-state index contributed by atoms with van der Waals surface area (Å²) in [5.41, 5.74) is -0.0663. The molecule has 26 heavy (non-hydrogen) atoms. The fourth-order valence-corrected chi connectivity index (χ4v) is 2.96. The number of aromatic nitrogens is 2. The highest BCUT2D eigenvalue weighted by Gasteiger charge is 2.17. The summed E-state index contributed by atoms with van der Waals surface area (Å²) in [5, 5.41) is 8.83. The van der Waals surface area contributed by atoms with Gasteiger partial charge in [0, 0.05) is 4.88 Å². The van der Waals surface area contributed by atoms with Gasteiger partial charge in [0.25, 0.3) is 5.91 Å². The molecule has 0 atom stereocenters. The molecule has 1 aromatic carbocycles. The number of nitrogens with zero attached hydrogens (tertiary/aromatic N) is 2. The molecule has 0 aliphatic rings. The molecule has 3 rings (SSSR count). The summed E-state index contributed by atoms with van der Waals surface area (Å²) in [6.07, 6.45) is 0. The summed E-state index contributed by atoms with van der Waals surface area (Å²) >= 11 is 1.52. The van der Waals surface area contributed by atoms with Gasteiger partial charge < -0.3 is 14.8 Å². The quantitative estimate of drug-likeness (QED) is 0.719. The van der Waals surface area contributed by atoms with Crippen LogP contribution in [0.25, 0.3) is 5.69 Å². The molecule has 1 amide bonds. The molecular formula is C18H17N3O4S. The summed E-state index contributed by atoms with van der Waals surface area (Å²) in [6.45, 7) is 0.339. The van der Waals surface area contributed by atoms with Crippen LogP contribution in [0.5, 0.6) is 11.6 Å². The van der Waals surface area contributed by atoms with Crippen molar-refractivity contribution in [3.8, 4) is 17.3 Å². The minimum Gasteiger partial charge on any atom is -0.497 e. The van der Waals surface area contributed by atoms with Gasteiger partial charge in [0.1, 0.15) is 5.75 Å². The van der Waals surface area contributed by atoms with Crippen LogP contribution in [0.4, 0.5) is 0 Å². The lowest BCUT2D eigenvalue weighted by Crippen LogP contribution is -2.31. The molecule has 0 bridgehead atoms. The third-order valence-corrected chi connectivity index (χ3v) is 4.52. The molecule has 2 aromatic heterocycles. The van der Waals surface area contributed by atoms with Crippen LogP contribution in [-0.4, -0.2) is 29.9 Å². The normalized spacial score (nSPS) is 10.4. The molecule has 7 nitrogen and oxygen atoms in total. The Morgan fingerprint density at radius 1 is 1.19 bits per heavy atom. The maximum absolute atomic E-state index is 12.4. The Labute approximate surface area is 153 Å². The number of amides is 1. The minimum atomic E-state index is -0.534. The zero-order valence-electron chi connectivity index (χ0n) is 14.3. The van der Waals surface area contributed by atoms with Gasteiger partial charge in [-0.2, -0.15) is 5.10 Å². The van der Waals surface area contributed by atoms with E-state index in [2.05, 4.69) is 10.4 Å². The summed E-state index contributed by atoms with van der Waals surface area (Å²) < 4.78 is 11.8. The van der Waals surface area contributed by atoms with E-state index in [1.54, 1.807) is 31.4 Å². The van der Waals surface area contributed by atoms with Gasteiger partial charge in [-0.3, -0.25) is 9.59 Å². The fraction of sp³-hybridized carbons (Fsp3) is 0.167. The van der Waals surface area contributed by atoms with Crippen molar-refractivity contribution in [2.24, 2.45) is 0 Å². The average Bonchev–Trinajstić information content (AvgIpc) is 3.19. The van der Waals surface area contributed by atoms with E-state index in [4.69, 9.17) is 9.47 Å². The molecule has 0 spiro atoms. The second-order valence-electron chi connectivity index (χ2n) is 5.27. The van der Waals surface area contributed by atoms with Gasteiger partial charge >= 0.3 is 0 Å². The van der Waals surface area contributed by atoms with E-state index in [0.717, 1.165) is 4.88 Å². The van der Waals surface area contributed by atoms with Crippen molar-refractivity contribution in [1.82, 2.24) is 15.1 Å². The SMILES string of the molecule is COc1ccc(-n2nc(C(=O)NCc3cccs3)c(=O)cc2OC)cc1. The largest absolute Gasteiger partial charge is 0.497 e. The summed E-state index contributed by atoms with van der Waals surface area (Å²) in [4.78, 5) is 25.6. The number of rotatable bonds is 6. The van der Waals surface area contributed by atoms with Gasteiger partial charge in [-0.05, 0) is 35.7 Å². The highest BCUT2D eigenvalue weighted by atomic mass is 32.1. The Morgan fingerprint density at radius 3 is 2.58 bits per heavy atom. The molecule has 2 heterocycles. The molecule has 0 aliphatic carbocycles. The standard InChI is InChI=1S/C18H17N3O4S/c1-24-13-7-5-12(6-8-13)21-16(25-2)10-15(22)17(20-21)18(23)19-11-14-4-3-9-26-14/h3-10H,11H2,1-2H3,(H,19,23). The average molecular weight is 371 g/mol. The number of thiophene rings is 1. The van der Waals surface area contributed by atoms with Crippen LogP contribution in [0.1, 0.15) is 15.4 Å². The first-order valence-electron chi connectivity index (χ1n) is 7.75. The van der Waals surface area contributed by atoms with Crippen molar-refractivity contribution in [2.45, 2.75) is 6.54 Å². The van der Waals surface area contributed by atoms with E-state index >= 15 is 0 Å².